The zero-order valence-electron chi connectivity index (χ0n) is 3.46. The van der Waals surface area contributed by atoms with Gasteiger partial charge in [-0.2, -0.15) is 0 Å². The zero-order chi connectivity index (χ0) is 5.70. The normalized spacial score (nSPS) is 6.71. The average molecular weight is 101 g/mol. The number of hydrogen-bond donors (Lipinski definition) is 0. The Labute approximate surface area is 40.2 Å². The quantitative estimate of drug-likeness (QED) is 0.275. The Morgan fingerprint density at radius 1 is 2.00 bits per heavy atom. The highest BCUT2D eigenvalue weighted by atomic mass is 16.9. The molecule has 0 amide bonds. The second kappa shape index (κ2) is 2.97. The monoisotopic (exact) mass is 101 g/mol. The van der Waals surface area contributed by atoms with E-state index in [-0.39, 0.29) is 6.61 Å². The standard InChI is InChI=1S/C3H3NO3/c1-2-3-7-4(5)6/h1H,3H2. The van der Waals surface area contributed by atoms with Gasteiger partial charge >= 0.3 is 0 Å². The van der Waals surface area contributed by atoms with Gasteiger partial charge in [0, 0.05) is 0 Å². The van der Waals surface area contributed by atoms with E-state index in [9.17, 15) is 10.1 Å². The van der Waals surface area contributed by atoms with E-state index < -0.39 is 5.09 Å². The van der Waals surface area contributed by atoms with E-state index in [0.717, 1.165) is 0 Å². The van der Waals surface area contributed by atoms with Gasteiger partial charge in [-0.15, -0.1) is 16.5 Å². The van der Waals surface area contributed by atoms with E-state index >= 15 is 0 Å². The molecule has 0 aromatic rings. The number of rotatable bonds is 2. The van der Waals surface area contributed by atoms with Crippen LogP contribution in [0.3, 0.4) is 0 Å². The highest BCUT2D eigenvalue weighted by Crippen LogP contribution is 1.68. The molecule has 0 aliphatic heterocycles. The highest BCUT2D eigenvalue weighted by Gasteiger charge is 1.85. The summed E-state index contributed by atoms with van der Waals surface area (Å²) in [6, 6.07) is 0. The molecular formula is C3H3NO3. The van der Waals surface area contributed by atoms with Gasteiger partial charge in [-0.25, -0.2) is 0 Å². The maximum absolute atomic E-state index is 9.25. The fourth-order valence-electron chi connectivity index (χ4n) is 0.0900. The number of terminal acetylenes is 1. The molecule has 0 aromatic heterocycles. The summed E-state index contributed by atoms with van der Waals surface area (Å²) < 4.78 is 0. The molecule has 0 fully saturated rings. The van der Waals surface area contributed by atoms with Crippen molar-refractivity contribution >= 4 is 0 Å². The van der Waals surface area contributed by atoms with Gasteiger partial charge in [-0.3, -0.25) is 0 Å². The summed E-state index contributed by atoms with van der Waals surface area (Å²) in [5.74, 6) is 1.94. The zero-order valence-corrected chi connectivity index (χ0v) is 3.46. The molecule has 0 aromatic carbocycles. The first-order valence-electron chi connectivity index (χ1n) is 1.48. The molecule has 0 heterocycles. The second-order valence-corrected chi connectivity index (χ2v) is 0.701. The first-order valence-corrected chi connectivity index (χ1v) is 1.48. The van der Waals surface area contributed by atoms with Crippen LogP contribution in [0, 0.1) is 22.5 Å². The van der Waals surface area contributed by atoms with Crippen LogP contribution >= 0.6 is 0 Å². The molecule has 0 N–H and O–H groups in total. The van der Waals surface area contributed by atoms with E-state index in [1.807, 2.05) is 5.92 Å². The molecule has 0 radical (unpaired) electrons. The summed E-state index contributed by atoms with van der Waals surface area (Å²) in [6.07, 6.45) is 4.60. The third-order valence-electron chi connectivity index (χ3n) is 0.253. The first kappa shape index (κ1) is 5.76. The van der Waals surface area contributed by atoms with E-state index in [4.69, 9.17) is 0 Å². The number of hydrogen-bond acceptors (Lipinski definition) is 3. The van der Waals surface area contributed by atoms with Crippen molar-refractivity contribution in [3.05, 3.63) is 10.1 Å². The van der Waals surface area contributed by atoms with Gasteiger partial charge in [-0.05, 0) is 0 Å². The smallest absolute Gasteiger partial charge is 0.295 e. The second-order valence-electron chi connectivity index (χ2n) is 0.701. The van der Waals surface area contributed by atoms with Crippen molar-refractivity contribution in [2.75, 3.05) is 6.61 Å². The molecule has 38 valence electrons. The van der Waals surface area contributed by atoms with Crippen molar-refractivity contribution in [1.82, 2.24) is 0 Å². The summed E-state index contributed by atoms with van der Waals surface area (Å²) in [7, 11) is 0. The van der Waals surface area contributed by atoms with Crippen LogP contribution in [0.25, 0.3) is 0 Å². The summed E-state index contributed by atoms with van der Waals surface area (Å²) in [4.78, 5) is 12.9. The molecule has 0 aliphatic carbocycles. The lowest BCUT2D eigenvalue weighted by molar-refractivity contribution is -0.754. The molecular weight excluding hydrogens is 98.0 g/mol. The number of nitrogens with zero attached hydrogens (tertiary/aromatic N) is 1. The molecule has 0 atom stereocenters. The Morgan fingerprint density at radius 3 is 2.71 bits per heavy atom. The predicted molar refractivity (Wildman–Crippen MR) is 21.8 cm³/mol. The summed E-state index contributed by atoms with van der Waals surface area (Å²) in [6.45, 7) is -0.271. The molecule has 0 saturated carbocycles. The Balaban J connectivity index is 3.02. The van der Waals surface area contributed by atoms with Crippen molar-refractivity contribution in [2.45, 2.75) is 0 Å². The molecule has 0 unspecified atom stereocenters. The fourth-order valence-corrected chi connectivity index (χ4v) is 0.0900. The van der Waals surface area contributed by atoms with Crippen molar-refractivity contribution in [1.29, 1.82) is 0 Å². The maximum Gasteiger partial charge on any atom is 0.295 e. The van der Waals surface area contributed by atoms with Crippen LogP contribution in [0.1, 0.15) is 0 Å². The largest absolute Gasteiger partial charge is 0.301 e. The van der Waals surface area contributed by atoms with E-state index in [1.165, 1.54) is 0 Å². The summed E-state index contributed by atoms with van der Waals surface area (Å²) >= 11 is 0. The van der Waals surface area contributed by atoms with Gasteiger partial charge in [0.1, 0.15) is 0 Å². The molecule has 7 heavy (non-hydrogen) atoms. The molecule has 0 bridgehead atoms. The van der Waals surface area contributed by atoms with Gasteiger partial charge in [0.25, 0.3) is 5.09 Å². The summed E-state index contributed by atoms with van der Waals surface area (Å²) in [5, 5.41) is 8.32. The minimum atomic E-state index is -0.931. The van der Waals surface area contributed by atoms with Crippen LogP contribution in [0.2, 0.25) is 0 Å². The van der Waals surface area contributed by atoms with Crippen LogP contribution in [0.5, 0.6) is 0 Å². The lowest BCUT2D eigenvalue weighted by Gasteiger charge is -1.83. The predicted octanol–water partition coefficient (Wildman–Crippen LogP) is -0.172. The Hall–Kier alpha value is -1.24. The van der Waals surface area contributed by atoms with Gasteiger partial charge in [0.2, 0.25) is 0 Å². The van der Waals surface area contributed by atoms with Crippen LogP contribution in [0.4, 0.5) is 0 Å². The SMILES string of the molecule is C#CCO[N+](=O)[O-]. The Bertz CT molecular complexity index is 103. The van der Waals surface area contributed by atoms with Gasteiger partial charge in [-0.1, -0.05) is 5.92 Å². The van der Waals surface area contributed by atoms with E-state index in [2.05, 4.69) is 11.3 Å². The average Bonchev–Trinajstić information content (AvgIpc) is 1.61. The lowest BCUT2D eigenvalue weighted by Crippen LogP contribution is -1.99. The molecule has 4 heteroatoms. The third kappa shape index (κ3) is 4.76. The highest BCUT2D eigenvalue weighted by molar-refractivity contribution is 4.81. The van der Waals surface area contributed by atoms with Crippen molar-refractivity contribution in [3.63, 3.8) is 0 Å². The molecule has 0 rings (SSSR count). The topological polar surface area (TPSA) is 52.4 Å². The Kier molecular flexibility index (Phi) is 2.44. The lowest BCUT2D eigenvalue weighted by atomic mass is 10.8. The van der Waals surface area contributed by atoms with Gasteiger partial charge in [0.15, 0.2) is 6.61 Å². The van der Waals surface area contributed by atoms with Crippen LogP contribution in [-0.4, -0.2) is 11.7 Å². The van der Waals surface area contributed by atoms with Gasteiger partial charge in [0.05, 0.1) is 0 Å². The first-order chi connectivity index (χ1) is 3.27. The summed E-state index contributed by atoms with van der Waals surface area (Å²) in [5.41, 5.74) is 0. The molecule has 0 aliphatic rings. The Morgan fingerprint density at radius 2 is 2.57 bits per heavy atom. The van der Waals surface area contributed by atoms with Crippen LogP contribution < -0.4 is 0 Å². The fraction of sp³-hybridized carbons (Fsp3) is 0.333. The van der Waals surface area contributed by atoms with E-state index in [1.54, 1.807) is 0 Å². The van der Waals surface area contributed by atoms with Crippen molar-refractivity contribution in [3.8, 4) is 12.3 Å². The minimum Gasteiger partial charge on any atom is -0.301 e. The van der Waals surface area contributed by atoms with Crippen LogP contribution in [0.15, 0.2) is 0 Å². The van der Waals surface area contributed by atoms with Gasteiger partial charge < -0.3 is 4.84 Å². The van der Waals surface area contributed by atoms with Crippen LogP contribution in [-0.2, 0) is 4.84 Å². The minimum absolute atomic E-state index is 0.271. The third-order valence-corrected chi connectivity index (χ3v) is 0.253. The maximum atomic E-state index is 9.25. The van der Waals surface area contributed by atoms with E-state index in [0.29, 0.717) is 0 Å². The van der Waals surface area contributed by atoms with Crippen molar-refractivity contribution < 1.29 is 9.92 Å². The molecule has 0 spiro atoms. The molecule has 0 saturated heterocycles. The van der Waals surface area contributed by atoms with Crippen molar-refractivity contribution in [2.24, 2.45) is 0 Å². The molecule has 4 nitrogen and oxygen atoms in total.